The highest BCUT2D eigenvalue weighted by atomic mass is 35.5. The number of hydrogen-bond donors (Lipinski definition) is 4. The fourth-order valence-electron chi connectivity index (χ4n) is 2.52. The normalized spacial score (nSPS) is 13.0. The van der Waals surface area contributed by atoms with Crippen molar-refractivity contribution in [3.8, 4) is 0 Å². The number of benzene rings is 2. The predicted molar refractivity (Wildman–Crippen MR) is 97.5 cm³/mol. The third-order valence-electron chi connectivity index (χ3n) is 4.01. The van der Waals surface area contributed by atoms with Crippen LogP contribution in [0.3, 0.4) is 0 Å². The van der Waals surface area contributed by atoms with Gasteiger partial charge in [0.15, 0.2) is 6.04 Å². The Morgan fingerprint density at radius 2 is 1.54 bits per heavy atom. The third-order valence-corrected chi connectivity index (χ3v) is 5.41. The number of carboxylic acid groups (broad SMARTS) is 2. The van der Waals surface area contributed by atoms with Crippen molar-refractivity contribution in [1.82, 2.24) is 0 Å². The van der Waals surface area contributed by atoms with Crippen molar-refractivity contribution in [3.63, 3.8) is 0 Å². The number of carboxylic acids is 2. The lowest BCUT2D eigenvalue weighted by atomic mass is 9.93. The van der Waals surface area contributed by atoms with Crippen molar-refractivity contribution >= 4 is 27.6 Å². The number of hydrogen-bond acceptors (Lipinski definition) is 4. The van der Waals surface area contributed by atoms with Gasteiger partial charge in [-0.1, -0.05) is 30.3 Å². The molecule has 0 heterocycles. The first-order chi connectivity index (χ1) is 12.7. The van der Waals surface area contributed by atoms with E-state index in [-0.39, 0.29) is 30.1 Å². The van der Waals surface area contributed by atoms with E-state index in [0.29, 0.717) is 11.3 Å². The largest absolute Gasteiger partial charge is 1.00 e. The maximum absolute atomic E-state index is 12.3. The van der Waals surface area contributed by atoms with E-state index in [4.69, 9.17) is 5.11 Å². The van der Waals surface area contributed by atoms with Gasteiger partial charge in [0.2, 0.25) is 0 Å². The van der Waals surface area contributed by atoms with Gasteiger partial charge in [0, 0.05) is 12.1 Å². The van der Waals surface area contributed by atoms with E-state index in [1.165, 1.54) is 24.3 Å². The van der Waals surface area contributed by atoms with Crippen LogP contribution >= 0.6 is 0 Å². The average Bonchev–Trinajstić information content (AvgIpc) is 2.63. The summed E-state index contributed by atoms with van der Waals surface area (Å²) in [6, 6.07) is 13.2. The van der Waals surface area contributed by atoms with E-state index in [9.17, 15) is 23.1 Å². The van der Waals surface area contributed by atoms with Crippen LogP contribution in [0.5, 0.6) is 0 Å². The molecular weight excluding hydrogens is 408 g/mol. The van der Waals surface area contributed by atoms with Gasteiger partial charge in [-0.05, 0) is 36.2 Å². The molecule has 2 aromatic rings. The summed E-state index contributed by atoms with van der Waals surface area (Å²) in [5.74, 6) is -3.14. The van der Waals surface area contributed by atoms with Crippen LogP contribution in [-0.4, -0.2) is 36.6 Å². The van der Waals surface area contributed by atoms with E-state index >= 15 is 0 Å². The first-order valence-corrected chi connectivity index (χ1v) is 9.63. The summed E-state index contributed by atoms with van der Waals surface area (Å²) < 4.78 is 27.0. The number of carbonyl (C=O) groups is 2. The molecule has 2 rings (SSSR count). The van der Waals surface area contributed by atoms with Gasteiger partial charge in [-0.2, -0.15) is 0 Å². The lowest BCUT2D eigenvalue weighted by Crippen LogP contribution is -3.00. The molecule has 0 aliphatic carbocycles. The average molecular weight is 429 g/mol. The molecule has 2 aromatic carbocycles. The molecule has 8 nitrogen and oxygen atoms in total. The molecule has 0 unspecified atom stereocenters. The highest BCUT2D eigenvalue weighted by molar-refractivity contribution is 7.92. The molecule has 0 aromatic heterocycles. The Bertz CT molecular complexity index is 903. The molecule has 10 heteroatoms. The molecule has 0 aliphatic heterocycles. The Kier molecular flexibility index (Phi) is 8.42. The minimum absolute atomic E-state index is 0. The Labute approximate surface area is 168 Å². The molecule has 0 amide bonds. The molecule has 152 valence electrons. The molecule has 6 N–H and O–H groups in total. The number of halogens is 1. The van der Waals surface area contributed by atoms with Gasteiger partial charge in [-0.25, -0.2) is 13.2 Å². The maximum Gasteiger partial charge on any atom is 0.362 e. The standard InChI is InChI=1S/C18H20N2O6S.ClH/c19-16(18(23)24)11-13(17(21)22)10-12-6-8-14(9-7-12)20-27(25,26)15-4-2-1-3-5-15;/h1-9,13,16,20H,10-11,19H2,(H,21,22)(H,23,24);1H/t13-,16+;/m0./s1. The van der Waals surface area contributed by atoms with E-state index in [1.54, 1.807) is 30.3 Å². The minimum Gasteiger partial charge on any atom is -1.00 e. The summed E-state index contributed by atoms with van der Waals surface area (Å²) >= 11 is 0. The summed E-state index contributed by atoms with van der Waals surface area (Å²) in [5.41, 5.74) is 4.44. The second-order valence-corrected chi connectivity index (χ2v) is 7.81. The summed E-state index contributed by atoms with van der Waals surface area (Å²) in [6.07, 6.45) is 0.0351. The zero-order valence-electron chi connectivity index (χ0n) is 14.8. The van der Waals surface area contributed by atoms with Crippen LogP contribution in [0.1, 0.15) is 12.0 Å². The van der Waals surface area contributed by atoms with E-state index in [1.807, 2.05) is 0 Å². The summed E-state index contributed by atoms with van der Waals surface area (Å²) in [5, 5.41) is 18.2. The molecule has 0 saturated carbocycles. The molecule has 0 aliphatic rings. The zero-order valence-corrected chi connectivity index (χ0v) is 16.4. The first-order valence-electron chi connectivity index (χ1n) is 8.14. The summed E-state index contributed by atoms with van der Waals surface area (Å²) in [7, 11) is -3.71. The Balaban J connectivity index is 0.00000392. The minimum atomic E-state index is -3.71. The zero-order chi connectivity index (χ0) is 20.0. The Morgan fingerprint density at radius 3 is 2.04 bits per heavy atom. The summed E-state index contributed by atoms with van der Waals surface area (Å²) in [4.78, 5) is 22.4. The SMILES string of the molecule is [Cl-].[NH3+][C@H](C[C@H](Cc1ccc(NS(=O)(=O)c2ccccc2)cc1)C(=O)O)C(=O)O. The van der Waals surface area contributed by atoms with E-state index in [0.717, 1.165) is 0 Å². The quantitative estimate of drug-likeness (QED) is 0.357. The van der Waals surface area contributed by atoms with Crippen molar-refractivity contribution < 1.29 is 46.4 Å². The molecule has 0 spiro atoms. The van der Waals surface area contributed by atoms with Crippen molar-refractivity contribution in [2.24, 2.45) is 5.92 Å². The van der Waals surface area contributed by atoms with Gasteiger partial charge in [0.25, 0.3) is 10.0 Å². The molecule has 0 radical (unpaired) electrons. The smallest absolute Gasteiger partial charge is 0.362 e. The van der Waals surface area contributed by atoms with Gasteiger partial charge in [-0.3, -0.25) is 9.52 Å². The van der Waals surface area contributed by atoms with Crippen LogP contribution in [0.4, 0.5) is 5.69 Å². The van der Waals surface area contributed by atoms with E-state index < -0.39 is 33.9 Å². The number of sulfonamides is 1. The lowest BCUT2D eigenvalue weighted by molar-refractivity contribution is -0.410. The van der Waals surface area contributed by atoms with Gasteiger partial charge in [0.05, 0.1) is 10.8 Å². The molecule has 0 bridgehead atoms. The fraction of sp³-hybridized carbons (Fsp3) is 0.222. The second-order valence-electron chi connectivity index (χ2n) is 6.13. The van der Waals surface area contributed by atoms with E-state index in [2.05, 4.69) is 10.5 Å². The Hall–Kier alpha value is -2.62. The lowest BCUT2D eigenvalue weighted by Gasteiger charge is -2.14. The van der Waals surface area contributed by atoms with Crippen molar-refractivity contribution in [2.75, 3.05) is 4.72 Å². The van der Waals surface area contributed by atoms with Crippen LogP contribution in [-0.2, 0) is 26.0 Å². The van der Waals surface area contributed by atoms with Crippen LogP contribution in [0, 0.1) is 5.92 Å². The second kappa shape index (κ2) is 10.1. The van der Waals surface area contributed by atoms with Crippen molar-refractivity contribution in [1.29, 1.82) is 0 Å². The van der Waals surface area contributed by atoms with Gasteiger partial charge >= 0.3 is 11.9 Å². The molecule has 0 fully saturated rings. The number of anilines is 1. The topological polar surface area (TPSA) is 148 Å². The van der Waals surface area contributed by atoms with Gasteiger partial charge in [0.1, 0.15) is 0 Å². The third kappa shape index (κ3) is 6.52. The number of nitrogens with one attached hydrogen (secondary N) is 1. The number of rotatable bonds is 9. The van der Waals surface area contributed by atoms with Gasteiger partial charge in [-0.15, -0.1) is 0 Å². The predicted octanol–water partition coefficient (Wildman–Crippen LogP) is -2.18. The van der Waals surface area contributed by atoms with Crippen molar-refractivity contribution in [2.45, 2.75) is 23.8 Å². The highest BCUT2D eigenvalue weighted by Gasteiger charge is 2.27. The molecule has 28 heavy (non-hydrogen) atoms. The number of aliphatic carboxylic acids is 2. The molecular formula is C18H21ClN2O6S. The van der Waals surface area contributed by atoms with Crippen LogP contribution in [0.2, 0.25) is 0 Å². The van der Waals surface area contributed by atoms with Crippen LogP contribution < -0.4 is 22.9 Å². The first kappa shape index (κ1) is 23.4. The number of quaternary nitrogens is 1. The van der Waals surface area contributed by atoms with Crippen LogP contribution in [0.25, 0.3) is 0 Å². The monoisotopic (exact) mass is 428 g/mol. The van der Waals surface area contributed by atoms with Crippen LogP contribution in [0.15, 0.2) is 59.5 Å². The molecule has 0 saturated heterocycles. The summed E-state index contributed by atoms with van der Waals surface area (Å²) in [6.45, 7) is 0. The molecule has 2 atom stereocenters. The maximum atomic E-state index is 12.3. The highest BCUT2D eigenvalue weighted by Crippen LogP contribution is 2.19. The fourth-order valence-corrected chi connectivity index (χ4v) is 3.60. The Morgan fingerprint density at radius 1 is 0.964 bits per heavy atom. The van der Waals surface area contributed by atoms with Crippen molar-refractivity contribution in [3.05, 3.63) is 60.2 Å². The van der Waals surface area contributed by atoms with Gasteiger partial charge < -0.3 is 28.4 Å².